The second-order valence-corrected chi connectivity index (χ2v) is 5.73. The Hall–Kier alpha value is -1.16. The van der Waals surface area contributed by atoms with E-state index in [1.165, 1.54) is 25.7 Å². The number of nitrogens with zero attached hydrogens (tertiary/aromatic N) is 2. The first kappa shape index (κ1) is 15.2. The first-order valence-corrected chi connectivity index (χ1v) is 7.88. The van der Waals surface area contributed by atoms with Crippen LogP contribution in [0.15, 0.2) is 12.4 Å². The average molecular weight is 277 g/mol. The summed E-state index contributed by atoms with van der Waals surface area (Å²) in [6.45, 7) is 5.50. The number of aromatic nitrogens is 2. The molecule has 1 heterocycles. The van der Waals surface area contributed by atoms with E-state index in [0.29, 0.717) is 11.8 Å². The zero-order valence-electron chi connectivity index (χ0n) is 12.9. The van der Waals surface area contributed by atoms with Crippen LogP contribution in [0.2, 0.25) is 0 Å². The van der Waals surface area contributed by atoms with Crippen molar-refractivity contribution in [3.8, 4) is 5.88 Å². The van der Waals surface area contributed by atoms with Crippen molar-refractivity contribution in [1.29, 1.82) is 0 Å². The van der Waals surface area contributed by atoms with Gasteiger partial charge in [-0.05, 0) is 37.6 Å². The molecule has 20 heavy (non-hydrogen) atoms. The number of methoxy groups -OCH3 is 1. The zero-order chi connectivity index (χ0) is 14.4. The molecule has 4 heteroatoms. The molecule has 0 aliphatic heterocycles. The lowest BCUT2D eigenvalue weighted by atomic mass is 9.93. The fourth-order valence-electron chi connectivity index (χ4n) is 3.28. The molecule has 1 aromatic heterocycles. The Morgan fingerprint density at radius 2 is 2.10 bits per heavy atom. The predicted octanol–water partition coefficient (Wildman–Crippen LogP) is 3.35. The van der Waals surface area contributed by atoms with Crippen LogP contribution in [0.5, 0.6) is 5.88 Å². The largest absolute Gasteiger partial charge is 0.480 e. The van der Waals surface area contributed by atoms with Gasteiger partial charge in [-0.3, -0.25) is 4.98 Å². The van der Waals surface area contributed by atoms with Gasteiger partial charge in [-0.25, -0.2) is 4.98 Å². The van der Waals surface area contributed by atoms with E-state index >= 15 is 0 Å². The summed E-state index contributed by atoms with van der Waals surface area (Å²) in [4.78, 5) is 8.86. The summed E-state index contributed by atoms with van der Waals surface area (Å²) in [6, 6.07) is 0.273. The van der Waals surface area contributed by atoms with Crippen molar-refractivity contribution in [2.45, 2.75) is 52.0 Å². The molecule has 1 aromatic rings. The molecular weight excluding hydrogens is 250 g/mol. The number of nitrogens with one attached hydrogen (secondary N) is 1. The topological polar surface area (TPSA) is 47.0 Å². The second-order valence-electron chi connectivity index (χ2n) is 5.73. The van der Waals surface area contributed by atoms with Crippen LogP contribution in [-0.2, 0) is 0 Å². The van der Waals surface area contributed by atoms with Crippen molar-refractivity contribution in [2.24, 2.45) is 11.8 Å². The van der Waals surface area contributed by atoms with E-state index in [1.807, 2.05) is 0 Å². The van der Waals surface area contributed by atoms with Crippen LogP contribution in [0.1, 0.15) is 57.7 Å². The van der Waals surface area contributed by atoms with Crippen molar-refractivity contribution >= 4 is 0 Å². The molecule has 0 bridgehead atoms. The van der Waals surface area contributed by atoms with E-state index < -0.39 is 0 Å². The quantitative estimate of drug-likeness (QED) is 0.830. The van der Waals surface area contributed by atoms with Crippen LogP contribution >= 0.6 is 0 Å². The summed E-state index contributed by atoms with van der Waals surface area (Å²) in [7, 11) is 1.67. The number of hydrogen-bond acceptors (Lipinski definition) is 4. The Morgan fingerprint density at radius 1 is 1.30 bits per heavy atom. The lowest BCUT2D eigenvalue weighted by Crippen LogP contribution is -2.29. The minimum atomic E-state index is 0.273. The normalized spacial score (nSPS) is 23.8. The average Bonchev–Trinajstić information content (AvgIpc) is 2.97. The van der Waals surface area contributed by atoms with Crippen molar-refractivity contribution in [3.63, 3.8) is 0 Å². The molecule has 4 nitrogen and oxygen atoms in total. The summed E-state index contributed by atoms with van der Waals surface area (Å²) in [5.74, 6) is 2.19. The van der Waals surface area contributed by atoms with Gasteiger partial charge in [0.2, 0.25) is 5.88 Å². The predicted molar refractivity (Wildman–Crippen MR) is 80.7 cm³/mol. The highest BCUT2D eigenvalue weighted by molar-refractivity contribution is 5.22. The fourth-order valence-corrected chi connectivity index (χ4v) is 3.28. The second kappa shape index (κ2) is 7.58. The smallest absolute Gasteiger partial charge is 0.237 e. The molecule has 0 radical (unpaired) electrons. The number of hydrogen-bond donors (Lipinski definition) is 1. The summed E-state index contributed by atoms with van der Waals surface area (Å²) < 4.78 is 5.41. The Kier molecular flexibility index (Phi) is 5.77. The van der Waals surface area contributed by atoms with Gasteiger partial charge in [-0.2, -0.15) is 0 Å². The van der Waals surface area contributed by atoms with Gasteiger partial charge in [0.15, 0.2) is 0 Å². The molecular formula is C16H27N3O. The molecule has 1 saturated carbocycles. The van der Waals surface area contributed by atoms with Gasteiger partial charge in [0.05, 0.1) is 13.2 Å². The lowest BCUT2D eigenvalue weighted by Gasteiger charge is -2.25. The molecule has 2 rings (SSSR count). The minimum Gasteiger partial charge on any atom is -0.480 e. The van der Waals surface area contributed by atoms with Crippen molar-refractivity contribution < 1.29 is 4.74 Å². The maximum Gasteiger partial charge on any atom is 0.237 e. The summed E-state index contributed by atoms with van der Waals surface area (Å²) in [6.07, 6.45) is 9.79. The molecule has 0 saturated heterocycles. The van der Waals surface area contributed by atoms with Crippen LogP contribution in [0.4, 0.5) is 0 Å². The van der Waals surface area contributed by atoms with Gasteiger partial charge in [-0.15, -0.1) is 0 Å². The van der Waals surface area contributed by atoms with Gasteiger partial charge < -0.3 is 10.1 Å². The van der Waals surface area contributed by atoms with Gasteiger partial charge in [0.25, 0.3) is 0 Å². The molecule has 3 atom stereocenters. The maximum absolute atomic E-state index is 5.41. The van der Waals surface area contributed by atoms with Gasteiger partial charge in [0.1, 0.15) is 5.69 Å². The van der Waals surface area contributed by atoms with Gasteiger partial charge in [-0.1, -0.05) is 26.7 Å². The van der Waals surface area contributed by atoms with E-state index in [1.54, 1.807) is 19.5 Å². The van der Waals surface area contributed by atoms with E-state index in [9.17, 15) is 0 Å². The molecule has 3 unspecified atom stereocenters. The molecule has 0 amide bonds. The van der Waals surface area contributed by atoms with E-state index in [4.69, 9.17) is 4.74 Å². The standard InChI is InChI=1S/C16H27N3O/c1-4-8-17-14(13-7-6-12(5-2)11-13)15-16(20-3)19-10-9-18-15/h9-10,12-14,17H,4-8,11H2,1-3H3. The number of ether oxygens (including phenoxy) is 1. The van der Waals surface area contributed by atoms with Crippen LogP contribution in [0.25, 0.3) is 0 Å². The highest BCUT2D eigenvalue weighted by Gasteiger charge is 2.33. The zero-order valence-corrected chi connectivity index (χ0v) is 12.9. The Labute approximate surface area is 122 Å². The third kappa shape index (κ3) is 3.48. The maximum atomic E-state index is 5.41. The molecule has 112 valence electrons. The van der Waals surface area contributed by atoms with E-state index in [-0.39, 0.29) is 6.04 Å². The highest BCUT2D eigenvalue weighted by atomic mass is 16.5. The third-order valence-corrected chi connectivity index (χ3v) is 4.42. The van der Waals surface area contributed by atoms with E-state index in [2.05, 4.69) is 29.1 Å². The van der Waals surface area contributed by atoms with E-state index in [0.717, 1.165) is 24.6 Å². The molecule has 1 aliphatic carbocycles. The molecule has 0 spiro atoms. The Morgan fingerprint density at radius 3 is 2.75 bits per heavy atom. The van der Waals surface area contributed by atoms with Crippen LogP contribution < -0.4 is 10.1 Å². The summed E-state index contributed by atoms with van der Waals surface area (Å²) in [5, 5.41) is 3.66. The molecule has 1 aliphatic rings. The first-order valence-electron chi connectivity index (χ1n) is 7.88. The highest BCUT2D eigenvalue weighted by Crippen LogP contribution is 2.41. The van der Waals surface area contributed by atoms with Gasteiger partial charge in [0, 0.05) is 12.4 Å². The minimum absolute atomic E-state index is 0.273. The van der Waals surface area contributed by atoms with Crippen LogP contribution in [0, 0.1) is 11.8 Å². The Bertz CT molecular complexity index is 410. The molecule has 1 fully saturated rings. The van der Waals surface area contributed by atoms with Crippen molar-refractivity contribution in [2.75, 3.05) is 13.7 Å². The van der Waals surface area contributed by atoms with Crippen molar-refractivity contribution in [1.82, 2.24) is 15.3 Å². The fraction of sp³-hybridized carbons (Fsp3) is 0.750. The Balaban J connectivity index is 2.18. The molecule has 1 N–H and O–H groups in total. The van der Waals surface area contributed by atoms with Crippen LogP contribution in [0.3, 0.4) is 0 Å². The van der Waals surface area contributed by atoms with Gasteiger partial charge >= 0.3 is 0 Å². The SMILES string of the molecule is CCCNC(c1nccnc1OC)C1CCC(CC)C1. The van der Waals surface area contributed by atoms with Crippen LogP contribution in [-0.4, -0.2) is 23.6 Å². The number of rotatable bonds is 7. The lowest BCUT2D eigenvalue weighted by molar-refractivity contribution is 0.322. The third-order valence-electron chi connectivity index (χ3n) is 4.42. The first-order chi connectivity index (χ1) is 9.80. The summed E-state index contributed by atoms with van der Waals surface area (Å²) >= 11 is 0. The monoisotopic (exact) mass is 277 g/mol. The summed E-state index contributed by atoms with van der Waals surface area (Å²) in [5.41, 5.74) is 0.977. The molecule has 0 aromatic carbocycles. The van der Waals surface area contributed by atoms with Crippen molar-refractivity contribution in [3.05, 3.63) is 18.1 Å².